The Kier molecular flexibility index (Phi) is 11.1. The third kappa shape index (κ3) is 7.92. The minimum Gasteiger partial charge on any atom is -0.497 e. The van der Waals surface area contributed by atoms with Gasteiger partial charge in [0.1, 0.15) is 5.75 Å². The van der Waals surface area contributed by atoms with Crippen molar-refractivity contribution in [2.75, 3.05) is 20.8 Å². The van der Waals surface area contributed by atoms with Crippen LogP contribution in [-0.4, -0.2) is 33.3 Å². The van der Waals surface area contributed by atoms with Crippen molar-refractivity contribution in [2.45, 2.75) is 26.6 Å². The summed E-state index contributed by atoms with van der Waals surface area (Å²) in [6.07, 6.45) is 0. The molecule has 0 heterocycles. The number of nitrogens with one attached hydrogen (secondary N) is 2. The molecule has 0 saturated heterocycles. The first-order chi connectivity index (χ1) is 13.6. The van der Waals surface area contributed by atoms with Crippen molar-refractivity contribution < 1.29 is 23.0 Å². The summed E-state index contributed by atoms with van der Waals surface area (Å²) in [6, 6.07) is 12.7. The van der Waals surface area contributed by atoms with Gasteiger partial charge in [-0.15, -0.1) is 24.0 Å². The number of guanidine groups is 1. The predicted molar refractivity (Wildman–Crippen MR) is 120 cm³/mol. The number of aliphatic imine (C=N–C) groups is 1. The molecule has 29 heavy (non-hydrogen) atoms. The minimum absolute atomic E-state index is 0. The zero-order chi connectivity index (χ0) is 20.4. The van der Waals surface area contributed by atoms with E-state index in [2.05, 4.69) is 20.4 Å². The number of rotatable bonds is 9. The molecule has 0 amide bonds. The van der Waals surface area contributed by atoms with E-state index in [9.17, 15) is 8.78 Å². The molecule has 0 aromatic heterocycles. The van der Waals surface area contributed by atoms with Gasteiger partial charge in [-0.1, -0.05) is 24.3 Å². The maximum Gasteiger partial charge on any atom is 0.387 e. The summed E-state index contributed by atoms with van der Waals surface area (Å²) in [4.78, 5) is 4.15. The van der Waals surface area contributed by atoms with Gasteiger partial charge in [0.2, 0.25) is 0 Å². The van der Waals surface area contributed by atoms with E-state index in [4.69, 9.17) is 9.47 Å². The summed E-state index contributed by atoms with van der Waals surface area (Å²) in [5.41, 5.74) is 1.59. The van der Waals surface area contributed by atoms with Gasteiger partial charge in [-0.05, 0) is 30.7 Å². The lowest BCUT2D eigenvalue weighted by Gasteiger charge is -2.17. The molecule has 2 aromatic rings. The first-order valence-corrected chi connectivity index (χ1v) is 8.84. The van der Waals surface area contributed by atoms with Gasteiger partial charge in [0.25, 0.3) is 0 Å². The van der Waals surface area contributed by atoms with Gasteiger partial charge in [-0.2, -0.15) is 8.78 Å². The van der Waals surface area contributed by atoms with Gasteiger partial charge in [0, 0.05) is 25.7 Å². The van der Waals surface area contributed by atoms with E-state index in [1.54, 1.807) is 39.3 Å². The quantitative estimate of drug-likeness (QED) is 0.295. The average molecular weight is 521 g/mol. The second-order valence-electron chi connectivity index (χ2n) is 5.68. The number of alkyl halides is 2. The van der Waals surface area contributed by atoms with Crippen LogP contribution in [0.5, 0.6) is 17.2 Å². The van der Waals surface area contributed by atoms with Crippen LogP contribution in [-0.2, 0) is 13.1 Å². The second kappa shape index (κ2) is 13.0. The highest BCUT2D eigenvalue weighted by atomic mass is 127. The molecule has 0 aliphatic carbocycles. The zero-order valence-corrected chi connectivity index (χ0v) is 18.9. The molecule has 2 aromatic carbocycles. The SMILES string of the molecule is CCOc1cccc(CNC(=NC)NCc2ccc(OC)cc2)c1OC(F)F.I. The van der Waals surface area contributed by atoms with Crippen LogP contribution in [0.4, 0.5) is 8.78 Å². The van der Waals surface area contributed by atoms with Crippen molar-refractivity contribution in [2.24, 2.45) is 4.99 Å². The van der Waals surface area contributed by atoms with Crippen molar-refractivity contribution in [1.82, 2.24) is 10.6 Å². The maximum atomic E-state index is 12.8. The maximum absolute atomic E-state index is 12.8. The Morgan fingerprint density at radius 1 is 1.07 bits per heavy atom. The Labute approximate surface area is 186 Å². The zero-order valence-electron chi connectivity index (χ0n) is 16.6. The number of benzene rings is 2. The number of hydrogen-bond donors (Lipinski definition) is 2. The molecular weight excluding hydrogens is 495 g/mol. The minimum atomic E-state index is -2.94. The number of hydrogen-bond acceptors (Lipinski definition) is 4. The average Bonchev–Trinajstić information content (AvgIpc) is 2.70. The molecule has 9 heteroatoms. The van der Waals surface area contributed by atoms with E-state index in [1.165, 1.54) is 0 Å². The van der Waals surface area contributed by atoms with Crippen molar-refractivity contribution in [3.63, 3.8) is 0 Å². The Balaban J connectivity index is 0.00000420. The van der Waals surface area contributed by atoms with Crippen LogP contribution in [0.15, 0.2) is 47.5 Å². The summed E-state index contributed by atoms with van der Waals surface area (Å²) in [5.74, 6) is 1.62. The summed E-state index contributed by atoms with van der Waals surface area (Å²) in [7, 11) is 3.25. The molecule has 0 spiro atoms. The predicted octanol–water partition coefficient (Wildman–Crippen LogP) is 4.18. The van der Waals surface area contributed by atoms with Gasteiger partial charge in [-0.25, -0.2) is 0 Å². The van der Waals surface area contributed by atoms with E-state index >= 15 is 0 Å². The number of methoxy groups -OCH3 is 1. The lowest BCUT2D eigenvalue weighted by atomic mass is 10.2. The second-order valence-corrected chi connectivity index (χ2v) is 5.68. The normalized spacial score (nSPS) is 10.9. The van der Waals surface area contributed by atoms with E-state index in [1.807, 2.05) is 24.3 Å². The molecule has 2 rings (SSSR count). The molecule has 0 aliphatic heterocycles. The van der Waals surface area contributed by atoms with Crippen LogP contribution >= 0.6 is 24.0 Å². The van der Waals surface area contributed by atoms with E-state index in [0.29, 0.717) is 24.7 Å². The number of nitrogens with zero attached hydrogens (tertiary/aromatic N) is 1. The van der Waals surface area contributed by atoms with Crippen LogP contribution in [0.3, 0.4) is 0 Å². The largest absolute Gasteiger partial charge is 0.497 e. The molecule has 0 atom stereocenters. The highest BCUT2D eigenvalue weighted by molar-refractivity contribution is 14.0. The van der Waals surface area contributed by atoms with E-state index in [-0.39, 0.29) is 42.0 Å². The summed E-state index contributed by atoms with van der Waals surface area (Å²) in [6.45, 7) is -0.0226. The fourth-order valence-electron chi connectivity index (χ4n) is 2.52. The molecule has 0 fully saturated rings. The smallest absolute Gasteiger partial charge is 0.387 e. The Morgan fingerprint density at radius 3 is 2.34 bits per heavy atom. The van der Waals surface area contributed by atoms with Gasteiger partial charge >= 0.3 is 6.61 Å². The van der Waals surface area contributed by atoms with Crippen LogP contribution in [0.2, 0.25) is 0 Å². The summed E-state index contributed by atoms with van der Waals surface area (Å²) < 4.78 is 40.8. The Hall–Kier alpha value is -2.30. The highest BCUT2D eigenvalue weighted by Gasteiger charge is 2.16. The summed E-state index contributed by atoms with van der Waals surface area (Å²) >= 11 is 0. The molecule has 2 N–H and O–H groups in total. The molecular formula is C20H26F2IN3O3. The topological polar surface area (TPSA) is 64.1 Å². The van der Waals surface area contributed by atoms with Crippen LogP contribution < -0.4 is 24.8 Å². The van der Waals surface area contributed by atoms with Crippen molar-refractivity contribution in [1.29, 1.82) is 0 Å². The molecule has 0 radical (unpaired) electrons. The molecule has 160 valence electrons. The summed E-state index contributed by atoms with van der Waals surface area (Å²) in [5, 5.41) is 6.27. The van der Waals surface area contributed by atoms with Crippen LogP contribution in [0.25, 0.3) is 0 Å². The van der Waals surface area contributed by atoms with Crippen LogP contribution in [0, 0.1) is 0 Å². The number of para-hydroxylation sites is 1. The fourth-order valence-corrected chi connectivity index (χ4v) is 2.52. The number of ether oxygens (including phenoxy) is 3. The Bertz CT molecular complexity index is 774. The van der Waals surface area contributed by atoms with Crippen LogP contribution in [0.1, 0.15) is 18.1 Å². The standard InChI is InChI=1S/C20H25F2N3O3.HI/c1-4-27-17-7-5-6-15(18(17)28-19(21)22)13-25-20(23-2)24-12-14-8-10-16(26-3)11-9-14;/h5-11,19H,4,12-13H2,1-3H3,(H2,23,24,25);1H. The van der Waals surface area contributed by atoms with E-state index in [0.717, 1.165) is 11.3 Å². The van der Waals surface area contributed by atoms with Gasteiger partial charge in [-0.3, -0.25) is 4.99 Å². The Morgan fingerprint density at radius 2 is 1.76 bits per heavy atom. The highest BCUT2D eigenvalue weighted by Crippen LogP contribution is 2.32. The number of halogens is 3. The molecule has 0 aliphatic rings. The van der Waals surface area contributed by atoms with Gasteiger partial charge in [0.15, 0.2) is 17.5 Å². The lowest BCUT2D eigenvalue weighted by Crippen LogP contribution is -2.36. The van der Waals surface area contributed by atoms with E-state index < -0.39 is 6.61 Å². The molecule has 0 bridgehead atoms. The lowest BCUT2D eigenvalue weighted by molar-refractivity contribution is -0.0520. The molecule has 6 nitrogen and oxygen atoms in total. The molecule has 0 unspecified atom stereocenters. The third-order valence-electron chi connectivity index (χ3n) is 3.86. The van der Waals surface area contributed by atoms with Gasteiger partial charge in [0.05, 0.1) is 13.7 Å². The monoisotopic (exact) mass is 521 g/mol. The first kappa shape index (κ1) is 24.7. The third-order valence-corrected chi connectivity index (χ3v) is 3.86. The van der Waals surface area contributed by atoms with Crippen molar-refractivity contribution in [3.8, 4) is 17.2 Å². The van der Waals surface area contributed by atoms with Crippen molar-refractivity contribution >= 4 is 29.9 Å². The first-order valence-electron chi connectivity index (χ1n) is 8.84. The van der Waals surface area contributed by atoms with Crippen molar-refractivity contribution in [3.05, 3.63) is 53.6 Å². The fraction of sp³-hybridized carbons (Fsp3) is 0.350. The van der Waals surface area contributed by atoms with Gasteiger partial charge < -0.3 is 24.8 Å². The molecule has 0 saturated carbocycles.